The SMILES string of the molecule is O=c1c(-n2cnc(C(F)(F)F)c2)c[nH]n1-c1cc(N2CCOCC2)ncn1. The number of H-pyrrole nitrogens is 1. The molecule has 0 atom stereocenters. The van der Waals surface area contributed by atoms with Crippen molar-refractivity contribution in [3.63, 3.8) is 0 Å². The maximum absolute atomic E-state index is 12.7. The topological polar surface area (TPSA) is 93.9 Å². The summed E-state index contributed by atoms with van der Waals surface area (Å²) in [4.78, 5) is 26.2. The molecule has 3 aromatic rings. The molecule has 9 nitrogen and oxygen atoms in total. The third-order valence-electron chi connectivity index (χ3n) is 4.11. The van der Waals surface area contributed by atoms with Gasteiger partial charge in [0.05, 0.1) is 13.2 Å². The van der Waals surface area contributed by atoms with Crippen molar-refractivity contribution in [2.45, 2.75) is 6.18 Å². The number of nitrogens with one attached hydrogen (secondary N) is 1. The normalized spacial score (nSPS) is 15.3. The van der Waals surface area contributed by atoms with E-state index in [0.717, 1.165) is 21.8 Å². The number of imidazole rings is 1. The van der Waals surface area contributed by atoms with E-state index >= 15 is 0 Å². The van der Waals surface area contributed by atoms with E-state index in [0.29, 0.717) is 32.1 Å². The predicted octanol–water partition coefficient (Wildman–Crippen LogP) is 0.997. The molecule has 0 unspecified atom stereocenters. The van der Waals surface area contributed by atoms with Gasteiger partial charge in [-0.05, 0) is 0 Å². The van der Waals surface area contributed by atoms with Crippen molar-refractivity contribution >= 4 is 5.82 Å². The van der Waals surface area contributed by atoms with Crippen LogP contribution in [0.4, 0.5) is 19.0 Å². The van der Waals surface area contributed by atoms with Crippen LogP contribution in [0.1, 0.15) is 5.69 Å². The summed E-state index contributed by atoms with van der Waals surface area (Å²) < 4.78 is 45.6. The van der Waals surface area contributed by atoms with E-state index in [1.165, 1.54) is 12.5 Å². The summed E-state index contributed by atoms with van der Waals surface area (Å²) in [6.07, 6.45) is -0.266. The maximum Gasteiger partial charge on any atom is 0.434 e. The van der Waals surface area contributed by atoms with Crippen molar-refractivity contribution in [1.82, 2.24) is 29.3 Å². The van der Waals surface area contributed by atoms with Crippen LogP contribution in [0.15, 0.2) is 35.9 Å². The first-order chi connectivity index (χ1) is 12.9. The lowest BCUT2D eigenvalue weighted by Crippen LogP contribution is -2.37. The largest absolute Gasteiger partial charge is 0.434 e. The Hall–Kier alpha value is -3.15. The first-order valence-electron chi connectivity index (χ1n) is 8.00. The molecule has 1 N–H and O–H groups in total. The van der Waals surface area contributed by atoms with E-state index in [1.54, 1.807) is 6.07 Å². The van der Waals surface area contributed by atoms with Crippen LogP contribution < -0.4 is 10.5 Å². The lowest BCUT2D eigenvalue weighted by Gasteiger charge is -2.27. The molecule has 142 valence electrons. The van der Waals surface area contributed by atoms with Crippen molar-refractivity contribution in [1.29, 1.82) is 0 Å². The summed E-state index contributed by atoms with van der Waals surface area (Å²) in [7, 11) is 0. The first kappa shape index (κ1) is 17.3. The molecular weight excluding hydrogens is 367 g/mol. The van der Waals surface area contributed by atoms with E-state index in [4.69, 9.17) is 4.74 Å². The number of aromatic nitrogens is 6. The Bertz CT molecular complexity index is 1000. The van der Waals surface area contributed by atoms with Gasteiger partial charge in [0, 0.05) is 31.5 Å². The maximum atomic E-state index is 12.7. The van der Waals surface area contributed by atoms with Gasteiger partial charge in [-0.1, -0.05) is 0 Å². The first-order valence-corrected chi connectivity index (χ1v) is 8.00. The van der Waals surface area contributed by atoms with Gasteiger partial charge >= 0.3 is 6.18 Å². The summed E-state index contributed by atoms with van der Waals surface area (Å²) in [5.41, 5.74) is -1.65. The van der Waals surface area contributed by atoms with Gasteiger partial charge in [0.2, 0.25) is 0 Å². The number of aromatic amines is 1. The Kier molecular flexibility index (Phi) is 4.18. The van der Waals surface area contributed by atoms with Crippen molar-refractivity contribution in [3.05, 3.63) is 47.2 Å². The summed E-state index contributed by atoms with van der Waals surface area (Å²) in [5, 5.41) is 2.71. The van der Waals surface area contributed by atoms with Gasteiger partial charge in [-0.2, -0.15) is 17.9 Å². The van der Waals surface area contributed by atoms with E-state index in [9.17, 15) is 18.0 Å². The third kappa shape index (κ3) is 3.30. The highest BCUT2D eigenvalue weighted by Gasteiger charge is 2.33. The molecule has 1 fully saturated rings. The van der Waals surface area contributed by atoms with Gasteiger partial charge in [0.15, 0.2) is 11.5 Å². The number of anilines is 1. The molecule has 27 heavy (non-hydrogen) atoms. The molecule has 3 aromatic heterocycles. The third-order valence-corrected chi connectivity index (χ3v) is 4.11. The quantitative estimate of drug-likeness (QED) is 0.728. The minimum Gasteiger partial charge on any atom is -0.378 e. The van der Waals surface area contributed by atoms with E-state index in [-0.39, 0.29) is 11.5 Å². The van der Waals surface area contributed by atoms with Gasteiger partial charge in [-0.3, -0.25) is 14.5 Å². The monoisotopic (exact) mass is 381 g/mol. The fourth-order valence-electron chi connectivity index (χ4n) is 2.74. The van der Waals surface area contributed by atoms with Crippen molar-refractivity contribution in [2.24, 2.45) is 0 Å². The molecule has 0 aromatic carbocycles. The average molecular weight is 381 g/mol. The number of hydrogen-bond acceptors (Lipinski definition) is 6. The fraction of sp³-hybridized carbons (Fsp3) is 0.333. The van der Waals surface area contributed by atoms with Crippen LogP contribution in [0, 0.1) is 0 Å². The molecule has 4 rings (SSSR count). The highest BCUT2D eigenvalue weighted by molar-refractivity contribution is 5.44. The fourth-order valence-corrected chi connectivity index (χ4v) is 2.74. The van der Waals surface area contributed by atoms with E-state index < -0.39 is 17.4 Å². The smallest absolute Gasteiger partial charge is 0.378 e. The average Bonchev–Trinajstić information content (AvgIpc) is 3.29. The molecule has 0 radical (unpaired) electrons. The molecule has 0 saturated carbocycles. The molecule has 1 aliphatic rings. The van der Waals surface area contributed by atoms with Gasteiger partial charge in [-0.25, -0.2) is 15.0 Å². The number of ether oxygens (including phenoxy) is 1. The highest BCUT2D eigenvalue weighted by Crippen LogP contribution is 2.27. The summed E-state index contributed by atoms with van der Waals surface area (Å²) in [6, 6.07) is 1.63. The summed E-state index contributed by atoms with van der Waals surface area (Å²) in [6.45, 7) is 2.48. The van der Waals surface area contributed by atoms with Crippen LogP contribution in [0.2, 0.25) is 0 Å². The minimum atomic E-state index is -4.58. The number of hydrogen-bond donors (Lipinski definition) is 1. The Balaban J connectivity index is 1.66. The molecule has 0 aliphatic carbocycles. The standard InChI is InChI=1S/C15H14F3N7O2/c16-15(17,18)11-7-24(9-21-11)10-6-22-25(14(10)26)13-5-12(19-8-20-13)23-1-3-27-4-2-23/h5-9,22H,1-4H2. The molecular formula is C15H14F3N7O2. The zero-order chi connectivity index (χ0) is 19.0. The number of nitrogens with zero attached hydrogens (tertiary/aromatic N) is 6. The molecule has 1 aliphatic heterocycles. The van der Waals surface area contributed by atoms with Crippen LogP contribution in [-0.2, 0) is 10.9 Å². The van der Waals surface area contributed by atoms with E-state index in [1.807, 2.05) is 4.90 Å². The molecule has 4 heterocycles. The molecule has 0 spiro atoms. The van der Waals surface area contributed by atoms with Crippen LogP contribution in [0.3, 0.4) is 0 Å². The summed E-state index contributed by atoms with van der Waals surface area (Å²) in [5.74, 6) is 0.909. The van der Waals surface area contributed by atoms with Crippen LogP contribution in [0.5, 0.6) is 0 Å². The second-order valence-electron chi connectivity index (χ2n) is 5.80. The van der Waals surface area contributed by atoms with Gasteiger partial charge in [0.1, 0.15) is 24.2 Å². The number of morpholine rings is 1. The lowest BCUT2D eigenvalue weighted by atomic mass is 10.4. The number of halogens is 3. The van der Waals surface area contributed by atoms with Crippen molar-refractivity contribution < 1.29 is 17.9 Å². The van der Waals surface area contributed by atoms with Crippen molar-refractivity contribution in [3.8, 4) is 11.5 Å². The molecule has 12 heteroatoms. The van der Waals surface area contributed by atoms with Crippen LogP contribution >= 0.6 is 0 Å². The Morgan fingerprint density at radius 2 is 1.85 bits per heavy atom. The van der Waals surface area contributed by atoms with Crippen LogP contribution in [-0.4, -0.2) is 55.6 Å². The highest BCUT2D eigenvalue weighted by atomic mass is 19.4. The molecule has 0 amide bonds. The molecule has 0 bridgehead atoms. The second-order valence-corrected chi connectivity index (χ2v) is 5.80. The number of alkyl halides is 3. The van der Waals surface area contributed by atoms with Gasteiger partial charge in [0.25, 0.3) is 5.56 Å². The Morgan fingerprint density at radius 1 is 1.11 bits per heavy atom. The van der Waals surface area contributed by atoms with Crippen LogP contribution in [0.25, 0.3) is 11.5 Å². The van der Waals surface area contributed by atoms with Crippen molar-refractivity contribution in [2.75, 3.05) is 31.2 Å². The Labute approximate surface area is 150 Å². The van der Waals surface area contributed by atoms with Gasteiger partial charge < -0.3 is 9.64 Å². The summed E-state index contributed by atoms with van der Waals surface area (Å²) >= 11 is 0. The molecule has 1 saturated heterocycles. The number of rotatable bonds is 3. The zero-order valence-corrected chi connectivity index (χ0v) is 13.8. The zero-order valence-electron chi connectivity index (χ0n) is 13.8. The second kappa shape index (κ2) is 6.54. The Morgan fingerprint density at radius 3 is 2.56 bits per heavy atom. The lowest BCUT2D eigenvalue weighted by molar-refractivity contribution is -0.140. The van der Waals surface area contributed by atoms with Gasteiger partial charge in [-0.15, -0.1) is 0 Å². The minimum absolute atomic E-state index is 0.00969. The predicted molar refractivity (Wildman–Crippen MR) is 87.1 cm³/mol. The van der Waals surface area contributed by atoms with E-state index in [2.05, 4.69) is 20.1 Å².